The van der Waals surface area contributed by atoms with Gasteiger partial charge in [-0.2, -0.15) is 0 Å². The summed E-state index contributed by atoms with van der Waals surface area (Å²) in [5.74, 6) is 0. The van der Waals surface area contributed by atoms with Gasteiger partial charge in [0.15, 0.2) is 31.0 Å². The van der Waals surface area contributed by atoms with Crippen molar-refractivity contribution in [2.75, 3.05) is 0 Å². The molecule has 0 aliphatic heterocycles. The van der Waals surface area contributed by atoms with E-state index < -0.39 is 6.85 Å². The quantitative estimate of drug-likeness (QED) is 0.115. The molecule has 15 rings (SSSR count). The minimum absolute atomic E-state index is 0.366. The Hall–Kier alpha value is -12.1. The fourth-order valence-electron chi connectivity index (χ4n) is 13.3. The Morgan fingerprint density at radius 3 is 0.708 bits per heavy atom. The van der Waals surface area contributed by atoms with Gasteiger partial charge in [-0.05, 0) is 188 Å². The monoisotopic (exact) mass is 1390 g/mol. The van der Waals surface area contributed by atoms with Crippen molar-refractivity contribution in [2.45, 2.75) is 75.6 Å². The third kappa shape index (κ3) is 19.0. The molecule has 15 aromatic rings. The molecule has 10 aromatic carbocycles. The summed E-state index contributed by atoms with van der Waals surface area (Å²) in [5.41, 5.74) is 36.4. The van der Waals surface area contributed by atoms with Gasteiger partial charge in [0.05, 0.1) is 0 Å². The molecular formula is C101H102N5+5. The van der Waals surface area contributed by atoms with Gasteiger partial charge >= 0.3 is 0 Å². The van der Waals surface area contributed by atoms with Gasteiger partial charge in [-0.15, -0.1) is 0 Å². The lowest BCUT2D eigenvalue weighted by Gasteiger charge is -2.07. The molecule has 5 heteroatoms. The van der Waals surface area contributed by atoms with Gasteiger partial charge < -0.3 is 0 Å². The Morgan fingerprint density at radius 2 is 0.453 bits per heavy atom. The molecule has 0 aliphatic carbocycles. The van der Waals surface area contributed by atoms with Crippen molar-refractivity contribution in [3.63, 3.8) is 0 Å². The zero-order valence-electron chi connectivity index (χ0n) is 67.2. The third-order valence-corrected chi connectivity index (χ3v) is 19.9. The second kappa shape index (κ2) is 35.4. The van der Waals surface area contributed by atoms with Crippen molar-refractivity contribution in [1.29, 1.82) is 0 Å². The van der Waals surface area contributed by atoms with E-state index in [0.717, 1.165) is 23.2 Å². The molecule has 5 aromatic heterocycles. The number of aryl methyl sites for hydroxylation is 15. The van der Waals surface area contributed by atoms with E-state index in [1.54, 1.807) is 18.2 Å². The maximum absolute atomic E-state index is 7.60. The molecule has 0 spiro atoms. The predicted octanol–water partition coefficient (Wildman–Crippen LogP) is 22.6. The lowest BCUT2D eigenvalue weighted by Crippen LogP contribution is -2.30. The van der Waals surface area contributed by atoms with Crippen LogP contribution in [0, 0.1) is 62.2 Å². The normalized spacial score (nSPS) is 11.2. The van der Waals surface area contributed by atoms with Gasteiger partial charge in [-0.1, -0.05) is 242 Å². The Balaban J connectivity index is 0.000000135. The van der Waals surface area contributed by atoms with Crippen LogP contribution in [-0.4, -0.2) is 0 Å². The molecule has 5 heterocycles. The maximum Gasteiger partial charge on any atom is 0.213 e. The van der Waals surface area contributed by atoms with Crippen LogP contribution < -0.4 is 22.8 Å². The average molecular weight is 1390 g/mol. The summed E-state index contributed by atoms with van der Waals surface area (Å²) in [6.07, 6.45) is 11.6. The fraction of sp³-hybridized carbons (Fsp3) is 0.158. The number of rotatable bonds is 11. The summed E-state index contributed by atoms with van der Waals surface area (Å²) in [6, 6.07) is 106. The van der Waals surface area contributed by atoms with Gasteiger partial charge in [-0.25, -0.2) is 22.8 Å². The van der Waals surface area contributed by atoms with Gasteiger partial charge in [0.2, 0.25) is 28.5 Å². The molecule has 0 atom stereocenters. The van der Waals surface area contributed by atoms with Gasteiger partial charge in [0.25, 0.3) is 0 Å². The number of nitrogens with zero attached hydrogens (tertiary/aromatic N) is 5. The summed E-state index contributed by atoms with van der Waals surface area (Å²) in [4.78, 5) is 0. The van der Waals surface area contributed by atoms with Crippen molar-refractivity contribution in [3.05, 3.63) is 390 Å². The van der Waals surface area contributed by atoms with E-state index in [1.807, 2.05) is 37.5 Å². The first-order valence-corrected chi connectivity index (χ1v) is 36.7. The SMILES string of the molecule is CCc1ccc(-c2cc[n+](C)c(-c3ccccc3C)c2)cc1.Cc1ccc(-c2cc[n+](C)c(-c3ccccc3C)c2)cc1.Cc1ccc(-c2cc[n+](C)c(-c3ccccc3C)c2)cc1.Cc1cccc(-c2cc[n+](C)c(-c3ccccc3C)c2)c1.[2H]C([2H])([2H])c1cccc(-c2cc[n+](C)c(-c3ccccc3C)c2)c1. The molecule has 5 nitrogen and oxygen atoms in total. The van der Waals surface area contributed by atoms with Crippen LogP contribution in [0.4, 0.5) is 0 Å². The highest BCUT2D eigenvalue weighted by atomic mass is 14.9. The minimum atomic E-state index is -2.09. The number of hydrogen-bond donors (Lipinski definition) is 0. The van der Waals surface area contributed by atoms with Crippen molar-refractivity contribution >= 4 is 0 Å². The second-order valence-corrected chi connectivity index (χ2v) is 27.9. The van der Waals surface area contributed by atoms with Crippen LogP contribution in [-0.2, 0) is 41.7 Å². The minimum Gasteiger partial charge on any atom is -0.201 e. The van der Waals surface area contributed by atoms with Crippen LogP contribution in [0.1, 0.15) is 66.7 Å². The summed E-state index contributed by atoms with van der Waals surface area (Å²) in [5, 5.41) is 0. The summed E-state index contributed by atoms with van der Waals surface area (Å²) >= 11 is 0. The van der Waals surface area contributed by atoms with Crippen molar-refractivity contribution in [1.82, 2.24) is 0 Å². The molecule has 526 valence electrons. The molecule has 0 N–H and O–H groups in total. The Kier molecular flexibility index (Phi) is 23.7. The first kappa shape index (κ1) is 71.0. The first-order chi connectivity index (χ1) is 52.5. The molecule has 0 radical (unpaired) electrons. The van der Waals surface area contributed by atoms with Crippen molar-refractivity contribution < 1.29 is 26.9 Å². The van der Waals surface area contributed by atoms with E-state index in [0.29, 0.717) is 5.56 Å². The highest BCUT2D eigenvalue weighted by Crippen LogP contribution is 2.32. The summed E-state index contributed by atoms with van der Waals surface area (Å²) in [6.45, 7) is 17.2. The Bertz CT molecular complexity index is 5480. The molecular weight excluding hydrogens is 1280 g/mol. The van der Waals surface area contributed by atoms with E-state index in [4.69, 9.17) is 4.11 Å². The molecule has 0 saturated carbocycles. The van der Waals surface area contributed by atoms with E-state index >= 15 is 0 Å². The van der Waals surface area contributed by atoms with Crippen molar-refractivity contribution in [3.8, 4) is 112 Å². The largest absolute Gasteiger partial charge is 0.213 e. The van der Waals surface area contributed by atoms with Gasteiger partial charge in [-0.3, -0.25) is 0 Å². The van der Waals surface area contributed by atoms with Crippen LogP contribution in [0.2, 0.25) is 0 Å². The molecule has 0 fully saturated rings. The number of pyridine rings is 5. The Morgan fingerprint density at radius 1 is 0.217 bits per heavy atom. The zero-order chi connectivity index (χ0) is 77.3. The van der Waals surface area contributed by atoms with E-state index in [1.165, 1.54) is 145 Å². The third-order valence-electron chi connectivity index (χ3n) is 19.9. The molecule has 0 aliphatic rings. The number of benzene rings is 10. The van der Waals surface area contributed by atoms with Gasteiger partial charge in [0, 0.05) is 92.6 Å². The molecule has 0 unspecified atom stereocenters. The highest BCUT2D eigenvalue weighted by Gasteiger charge is 2.19. The molecule has 0 saturated heterocycles. The smallest absolute Gasteiger partial charge is 0.201 e. The van der Waals surface area contributed by atoms with E-state index in [2.05, 4.69) is 399 Å². The summed E-state index contributed by atoms with van der Waals surface area (Å²) < 4.78 is 33.6. The average Bonchev–Trinajstić information content (AvgIpc) is 0.831. The first-order valence-electron chi connectivity index (χ1n) is 38.2. The van der Waals surface area contributed by atoms with Crippen molar-refractivity contribution in [2.24, 2.45) is 35.2 Å². The predicted molar refractivity (Wildman–Crippen MR) is 444 cm³/mol. The number of aromatic nitrogens is 5. The molecule has 106 heavy (non-hydrogen) atoms. The van der Waals surface area contributed by atoms with E-state index in [9.17, 15) is 0 Å². The van der Waals surface area contributed by atoms with Gasteiger partial charge in [0.1, 0.15) is 35.2 Å². The summed E-state index contributed by atoms with van der Waals surface area (Å²) in [7, 11) is 10.4. The van der Waals surface area contributed by atoms with Crippen LogP contribution in [0.25, 0.3) is 112 Å². The van der Waals surface area contributed by atoms with Crippen LogP contribution in [0.15, 0.2) is 334 Å². The number of hydrogen-bond acceptors (Lipinski definition) is 0. The second-order valence-electron chi connectivity index (χ2n) is 27.9. The topological polar surface area (TPSA) is 19.4 Å². The Labute approximate surface area is 635 Å². The molecule has 0 amide bonds. The van der Waals surface area contributed by atoms with Crippen LogP contribution in [0.3, 0.4) is 0 Å². The van der Waals surface area contributed by atoms with Crippen LogP contribution >= 0.6 is 0 Å². The standard InChI is InChI=1S/C21H22N.4C20H20N/c1-4-17-9-11-18(12-10-17)19-13-14-22(3)21(15-19)20-8-6-5-7-16(20)2;2*1-15-7-6-9-17(13-15)18-11-12-21(3)20(14-18)19-10-5-4-8-16(19)2;2*1-15-8-10-17(11-9-15)18-12-13-21(3)20(14-18)19-7-5-4-6-16(19)2/h5-15H,4H2,1-3H3;4*4-14H,1-3H3/q5*+1/i;1D3;;;. The van der Waals surface area contributed by atoms with E-state index in [-0.39, 0.29) is 0 Å². The fourth-order valence-corrected chi connectivity index (χ4v) is 13.3. The van der Waals surface area contributed by atoms with Crippen LogP contribution in [0.5, 0.6) is 0 Å². The zero-order valence-corrected chi connectivity index (χ0v) is 64.2. The lowest BCUT2D eigenvalue weighted by atomic mass is 9.99. The molecule has 0 bridgehead atoms. The lowest BCUT2D eigenvalue weighted by molar-refractivity contribution is -0.660. The highest BCUT2D eigenvalue weighted by molar-refractivity contribution is 5.75. The maximum atomic E-state index is 7.60.